The van der Waals surface area contributed by atoms with Crippen LogP contribution in [0.15, 0.2) is 47.5 Å². The first-order valence-electron chi connectivity index (χ1n) is 16.1. The van der Waals surface area contributed by atoms with Crippen LogP contribution in [0.4, 0.5) is 15.8 Å². The molecule has 0 amide bonds. The van der Waals surface area contributed by atoms with Crippen molar-refractivity contribution < 1.29 is 14.2 Å². The number of rotatable bonds is 6. The number of nitrogens with zero attached hydrogens (tertiary/aromatic N) is 7. The minimum atomic E-state index is -0.749. The van der Waals surface area contributed by atoms with E-state index in [1.54, 1.807) is 24.5 Å². The summed E-state index contributed by atoms with van der Waals surface area (Å²) >= 11 is 1.67. The van der Waals surface area contributed by atoms with Crippen molar-refractivity contribution in [2.45, 2.75) is 52.2 Å². The van der Waals surface area contributed by atoms with Crippen LogP contribution in [-0.4, -0.2) is 89.0 Å². The number of benzene rings is 2. The van der Waals surface area contributed by atoms with Gasteiger partial charge < -0.3 is 19.6 Å². The lowest BCUT2D eigenvalue weighted by atomic mass is 9.90. The smallest absolute Gasteiger partial charge is 0.162 e. The van der Waals surface area contributed by atoms with Crippen molar-refractivity contribution in [3.05, 3.63) is 81.5 Å². The second kappa shape index (κ2) is 12.1. The fraction of sp³-hybridized carbons (Fsp3) is 0.457. The predicted molar refractivity (Wildman–Crippen MR) is 182 cm³/mol. The van der Waals surface area contributed by atoms with Gasteiger partial charge in [0.05, 0.1) is 18.4 Å². The number of hydrogen-bond donors (Lipinski definition) is 1. The normalized spacial score (nSPS) is 19.8. The van der Waals surface area contributed by atoms with E-state index in [1.165, 1.54) is 10.6 Å². The Hall–Kier alpha value is -3.80. The maximum atomic E-state index is 16.1. The molecule has 0 spiro atoms. The first-order chi connectivity index (χ1) is 22.1. The Labute approximate surface area is 274 Å². The van der Waals surface area contributed by atoms with Gasteiger partial charge in [-0.15, -0.1) is 21.5 Å². The average Bonchev–Trinajstić information content (AvgIpc) is 3.54. The van der Waals surface area contributed by atoms with Gasteiger partial charge in [0.15, 0.2) is 5.82 Å². The Bertz CT molecular complexity index is 1780. The summed E-state index contributed by atoms with van der Waals surface area (Å²) in [6.45, 7) is 13.8. The number of piperazine rings is 1. The highest BCUT2D eigenvalue weighted by molar-refractivity contribution is 7.15. The van der Waals surface area contributed by atoms with E-state index in [4.69, 9.17) is 9.73 Å². The summed E-state index contributed by atoms with van der Waals surface area (Å²) < 4.78 is 23.5. The minimum Gasteiger partial charge on any atom is -0.497 e. The zero-order valence-electron chi connectivity index (χ0n) is 27.3. The molecule has 2 aromatic carbocycles. The molecule has 1 N–H and O–H groups in total. The molecule has 5 heterocycles. The summed E-state index contributed by atoms with van der Waals surface area (Å²) in [5.74, 6) is 2.15. The molecule has 46 heavy (non-hydrogen) atoms. The number of piperidine rings is 1. The molecule has 0 bridgehead atoms. The van der Waals surface area contributed by atoms with Crippen molar-refractivity contribution in [3.63, 3.8) is 0 Å². The molecule has 11 heteroatoms. The van der Waals surface area contributed by atoms with Crippen LogP contribution < -0.4 is 14.5 Å². The van der Waals surface area contributed by atoms with Crippen LogP contribution in [0.25, 0.3) is 5.00 Å². The van der Waals surface area contributed by atoms with Crippen molar-refractivity contribution in [2.24, 2.45) is 4.99 Å². The molecule has 9 nitrogen and oxygen atoms in total. The fourth-order valence-electron chi connectivity index (χ4n) is 7.09. The lowest BCUT2D eigenvalue weighted by molar-refractivity contribution is -0.0173. The third-order valence-corrected chi connectivity index (χ3v) is 11.1. The maximum absolute atomic E-state index is 16.1. The van der Waals surface area contributed by atoms with Crippen LogP contribution >= 0.6 is 11.3 Å². The highest BCUT2D eigenvalue weighted by Gasteiger charge is 2.36. The summed E-state index contributed by atoms with van der Waals surface area (Å²) in [4.78, 5) is 13.1. The minimum absolute atomic E-state index is 0.265. The number of thiophene rings is 1. The van der Waals surface area contributed by atoms with E-state index in [-0.39, 0.29) is 11.9 Å². The summed E-state index contributed by atoms with van der Waals surface area (Å²) in [7, 11) is 1.69. The standard InChI is InChI=1S/C35H42FN7O2S/c1-22-24(3)46-34-31(22)32(37-23(2)33-39-38-25(4)43(33)34)29-10-9-27(20-30(29)36)41-13-11-35(44,12-14-41)21-40-15-17-42(18-16-40)26-7-6-8-28(19-26)45-5/h6-10,19-20,23,44H,11-18,21H2,1-5H3/t23-/m0/s1. The molecule has 0 unspecified atom stereocenters. The maximum Gasteiger partial charge on any atom is 0.162 e. The van der Waals surface area contributed by atoms with E-state index in [9.17, 15) is 5.11 Å². The first kappa shape index (κ1) is 30.8. The van der Waals surface area contributed by atoms with Crippen LogP contribution in [-0.2, 0) is 0 Å². The molecule has 1 atom stereocenters. The Kier molecular flexibility index (Phi) is 8.11. The Morgan fingerprint density at radius 2 is 1.67 bits per heavy atom. The molecule has 0 saturated carbocycles. The monoisotopic (exact) mass is 643 g/mol. The van der Waals surface area contributed by atoms with Crippen molar-refractivity contribution >= 4 is 28.4 Å². The number of β-amino-alcohol motifs (C(OH)–C–C–N with tert-alkyl or cyclic N) is 1. The molecule has 3 aliphatic heterocycles. The molecule has 0 radical (unpaired) electrons. The number of hydrogen-bond acceptors (Lipinski definition) is 9. The van der Waals surface area contributed by atoms with Gasteiger partial charge in [-0.05, 0) is 76.4 Å². The van der Waals surface area contributed by atoms with Crippen molar-refractivity contribution in [2.75, 3.05) is 62.7 Å². The number of fused-ring (bicyclic) bond motifs is 3. The van der Waals surface area contributed by atoms with Crippen LogP contribution in [0.2, 0.25) is 0 Å². The third kappa shape index (κ3) is 5.58. The van der Waals surface area contributed by atoms with Gasteiger partial charge in [-0.3, -0.25) is 14.5 Å². The number of ether oxygens (including phenoxy) is 1. The second-order valence-corrected chi connectivity index (χ2v) is 14.1. The molecule has 3 aliphatic rings. The van der Waals surface area contributed by atoms with Crippen LogP contribution in [0.5, 0.6) is 5.75 Å². The molecule has 242 valence electrons. The summed E-state index contributed by atoms with van der Waals surface area (Å²) in [5, 5.41) is 21.3. The highest BCUT2D eigenvalue weighted by Crippen LogP contribution is 2.39. The average molecular weight is 644 g/mol. The zero-order valence-corrected chi connectivity index (χ0v) is 28.1. The van der Waals surface area contributed by atoms with E-state index in [2.05, 4.69) is 55.4 Å². The number of methoxy groups -OCH3 is 1. The van der Waals surface area contributed by atoms with Gasteiger partial charge in [-0.2, -0.15) is 0 Å². The summed E-state index contributed by atoms with van der Waals surface area (Å²) in [6.07, 6.45) is 1.29. The van der Waals surface area contributed by atoms with Gasteiger partial charge in [0, 0.05) is 79.3 Å². The first-order valence-corrected chi connectivity index (χ1v) is 16.9. The lowest BCUT2D eigenvalue weighted by Crippen LogP contribution is -2.55. The number of anilines is 2. The van der Waals surface area contributed by atoms with Gasteiger partial charge >= 0.3 is 0 Å². The molecule has 4 aromatic rings. The molecule has 2 fully saturated rings. The van der Waals surface area contributed by atoms with Gasteiger partial charge in [0.25, 0.3) is 0 Å². The fourth-order valence-corrected chi connectivity index (χ4v) is 8.30. The van der Waals surface area contributed by atoms with Crippen molar-refractivity contribution in [1.29, 1.82) is 0 Å². The van der Waals surface area contributed by atoms with E-state index < -0.39 is 5.60 Å². The molecule has 7 rings (SSSR count). The van der Waals surface area contributed by atoms with Gasteiger partial charge in [-0.25, -0.2) is 4.39 Å². The summed E-state index contributed by atoms with van der Waals surface area (Å²) in [6, 6.07) is 13.4. The van der Waals surface area contributed by atoms with E-state index in [1.807, 2.05) is 38.1 Å². The summed E-state index contributed by atoms with van der Waals surface area (Å²) in [5.41, 5.74) is 4.48. The van der Waals surface area contributed by atoms with Crippen molar-refractivity contribution in [1.82, 2.24) is 19.7 Å². The number of halogens is 1. The quantitative estimate of drug-likeness (QED) is 0.299. The van der Waals surface area contributed by atoms with Gasteiger partial charge in [0.1, 0.15) is 28.4 Å². The van der Waals surface area contributed by atoms with Crippen LogP contribution in [0, 0.1) is 26.6 Å². The molecule has 0 aliphatic carbocycles. The molecule has 2 saturated heterocycles. The molecular weight excluding hydrogens is 601 g/mol. The van der Waals surface area contributed by atoms with Gasteiger partial charge in [0.2, 0.25) is 0 Å². The van der Waals surface area contributed by atoms with Gasteiger partial charge in [-0.1, -0.05) is 6.07 Å². The zero-order chi connectivity index (χ0) is 32.2. The Morgan fingerprint density at radius 1 is 0.957 bits per heavy atom. The Morgan fingerprint density at radius 3 is 2.39 bits per heavy atom. The molecule has 2 aromatic heterocycles. The van der Waals surface area contributed by atoms with E-state index in [0.29, 0.717) is 43.8 Å². The van der Waals surface area contributed by atoms with Crippen LogP contribution in [0.3, 0.4) is 0 Å². The van der Waals surface area contributed by atoms with E-state index in [0.717, 1.165) is 65.4 Å². The van der Waals surface area contributed by atoms with Crippen LogP contribution in [0.1, 0.15) is 59.0 Å². The topological polar surface area (TPSA) is 82.2 Å². The van der Waals surface area contributed by atoms with E-state index >= 15 is 4.39 Å². The SMILES string of the molecule is COc1cccc(N2CCN(CC3(O)CCN(c4ccc(C5=N[C@@H](C)c6nnc(C)n6-c6sc(C)c(C)c65)c(F)c4)CC3)CC2)c1. The number of aryl methyl sites for hydroxylation is 2. The largest absolute Gasteiger partial charge is 0.497 e. The number of aromatic nitrogens is 3. The third-order valence-electron chi connectivity index (χ3n) is 9.93. The number of aliphatic hydroxyl groups is 1. The second-order valence-electron chi connectivity index (χ2n) is 12.9. The number of aliphatic imine (C=N–C) groups is 1. The Balaban J connectivity index is 1.02. The molecular formula is C35H42FN7O2S. The lowest BCUT2D eigenvalue weighted by Gasteiger charge is -2.44. The predicted octanol–water partition coefficient (Wildman–Crippen LogP) is 5.47. The van der Waals surface area contributed by atoms with Crippen molar-refractivity contribution in [3.8, 4) is 10.8 Å². The highest BCUT2D eigenvalue weighted by atomic mass is 32.1.